The number of benzene rings is 1. The third-order valence-corrected chi connectivity index (χ3v) is 6.13. The number of hydrogen-bond acceptors (Lipinski definition) is 7. The maximum atomic E-state index is 13.4. The van der Waals surface area contributed by atoms with E-state index < -0.39 is 6.04 Å². The van der Waals surface area contributed by atoms with Crippen LogP contribution in [-0.2, 0) is 4.79 Å². The second-order valence-corrected chi connectivity index (χ2v) is 9.21. The number of nitrogens with zero attached hydrogens (tertiary/aromatic N) is 4. The predicted octanol–water partition coefficient (Wildman–Crippen LogP) is 3.77. The fourth-order valence-corrected chi connectivity index (χ4v) is 4.76. The zero-order valence-corrected chi connectivity index (χ0v) is 18.0. The van der Waals surface area contributed by atoms with E-state index in [9.17, 15) is 4.79 Å². The van der Waals surface area contributed by atoms with E-state index >= 15 is 0 Å². The Morgan fingerprint density at radius 2 is 1.97 bits per heavy atom. The van der Waals surface area contributed by atoms with Gasteiger partial charge in [0.2, 0.25) is 5.95 Å². The van der Waals surface area contributed by atoms with Crippen LogP contribution in [0.5, 0.6) is 11.5 Å². The summed E-state index contributed by atoms with van der Waals surface area (Å²) < 4.78 is 13.3. The van der Waals surface area contributed by atoms with Gasteiger partial charge in [-0.15, -0.1) is 5.10 Å². The molecule has 8 heteroatoms. The van der Waals surface area contributed by atoms with E-state index in [1.165, 1.54) is 0 Å². The molecule has 0 bridgehead atoms. The summed E-state index contributed by atoms with van der Waals surface area (Å²) in [6.07, 6.45) is 4.72. The molecule has 1 unspecified atom stereocenters. The van der Waals surface area contributed by atoms with Gasteiger partial charge >= 0.3 is 0 Å². The lowest BCUT2D eigenvalue weighted by atomic mass is 9.73. The fourth-order valence-electron chi connectivity index (χ4n) is 4.76. The molecule has 0 saturated heterocycles. The van der Waals surface area contributed by atoms with E-state index in [1.54, 1.807) is 12.4 Å². The van der Waals surface area contributed by atoms with E-state index in [-0.39, 0.29) is 11.2 Å². The van der Waals surface area contributed by atoms with Crippen molar-refractivity contribution in [3.8, 4) is 22.9 Å². The van der Waals surface area contributed by atoms with Crippen LogP contribution in [0.15, 0.2) is 54.0 Å². The highest BCUT2D eigenvalue weighted by Gasteiger charge is 2.42. The molecule has 3 aromatic rings. The number of hydrogen-bond donors (Lipinski definition) is 1. The lowest BCUT2D eigenvalue weighted by Gasteiger charge is -2.38. The molecule has 4 heterocycles. The number of Topliss-reactive ketones (excluding diaryl/α,β-unsaturated/α-hetero) is 1. The maximum absolute atomic E-state index is 13.4. The number of aromatic nitrogens is 4. The number of fused-ring (bicyclic) bond motifs is 2. The summed E-state index contributed by atoms with van der Waals surface area (Å²) in [5, 5.41) is 8.21. The van der Waals surface area contributed by atoms with Gasteiger partial charge in [0.05, 0.1) is 0 Å². The third kappa shape index (κ3) is 3.05. The minimum Gasteiger partial charge on any atom is -0.486 e. The standard InChI is InChI=1S/C24H23N5O3/c1-24(2)11-16-20(17(30)12-24)21(14-5-6-18-19(10-14)32-9-8-31-18)29-23(26-16)27-22(28-29)15-4-3-7-25-13-15/h3-7,10,13,21H,8-9,11-12H2,1-2H3,(H,26,27,28). The monoisotopic (exact) mass is 429 g/mol. The second kappa shape index (κ2) is 6.91. The number of anilines is 1. The molecule has 0 radical (unpaired) electrons. The lowest BCUT2D eigenvalue weighted by Crippen LogP contribution is -2.36. The largest absolute Gasteiger partial charge is 0.486 e. The number of ether oxygens (including phenoxy) is 2. The summed E-state index contributed by atoms with van der Waals surface area (Å²) in [7, 11) is 0. The normalized spacial score (nSPS) is 20.9. The Kier molecular flexibility index (Phi) is 4.11. The zero-order chi connectivity index (χ0) is 21.9. The quantitative estimate of drug-likeness (QED) is 0.663. The summed E-state index contributed by atoms with van der Waals surface area (Å²) in [5.41, 5.74) is 3.29. The molecular formula is C24H23N5O3. The zero-order valence-electron chi connectivity index (χ0n) is 18.0. The summed E-state index contributed by atoms with van der Waals surface area (Å²) >= 11 is 0. The Bertz CT molecular complexity index is 1260. The molecule has 2 aliphatic heterocycles. The van der Waals surface area contributed by atoms with Gasteiger partial charge in [0, 0.05) is 35.6 Å². The molecule has 0 saturated carbocycles. The van der Waals surface area contributed by atoms with Crippen LogP contribution in [0.1, 0.15) is 38.3 Å². The molecule has 0 fully saturated rings. The average Bonchev–Trinajstić information content (AvgIpc) is 3.21. The Morgan fingerprint density at radius 3 is 2.78 bits per heavy atom. The number of pyridine rings is 1. The molecule has 1 N–H and O–H groups in total. The van der Waals surface area contributed by atoms with Crippen LogP contribution in [0.4, 0.5) is 5.95 Å². The van der Waals surface area contributed by atoms with Crippen LogP contribution >= 0.6 is 0 Å². The highest BCUT2D eigenvalue weighted by Crippen LogP contribution is 2.46. The molecular weight excluding hydrogens is 406 g/mol. The van der Waals surface area contributed by atoms with Gasteiger partial charge in [-0.2, -0.15) is 4.98 Å². The van der Waals surface area contributed by atoms with Crippen molar-refractivity contribution in [1.29, 1.82) is 0 Å². The number of carbonyl (C=O) groups is 1. The van der Waals surface area contributed by atoms with Gasteiger partial charge in [0.25, 0.3) is 0 Å². The molecule has 8 nitrogen and oxygen atoms in total. The van der Waals surface area contributed by atoms with E-state index in [0.29, 0.717) is 42.9 Å². The smallest absolute Gasteiger partial charge is 0.226 e. The van der Waals surface area contributed by atoms with Gasteiger partial charge in [0.1, 0.15) is 19.3 Å². The van der Waals surface area contributed by atoms with E-state index in [1.807, 2.05) is 35.0 Å². The van der Waals surface area contributed by atoms with Gasteiger partial charge in [0.15, 0.2) is 23.1 Å². The van der Waals surface area contributed by atoms with Crippen molar-refractivity contribution < 1.29 is 14.3 Å². The molecule has 162 valence electrons. The van der Waals surface area contributed by atoms with Crippen LogP contribution < -0.4 is 14.8 Å². The minimum absolute atomic E-state index is 0.116. The molecule has 2 aromatic heterocycles. The van der Waals surface area contributed by atoms with Gasteiger partial charge in [-0.25, -0.2) is 4.68 Å². The van der Waals surface area contributed by atoms with Crippen molar-refractivity contribution in [2.24, 2.45) is 5.41 Å². The van der Waals surface area contributed by atoms with Gasteiger partial charge in [-0.1, -0.05) is 19.9 Å². The third-order valence-electron chi connectivity index (χ3n) is 6.13. The van der Waals surface area contributed by atoms with E-state index in [0.717, 1.165) is 28.8 Å². The number of ketones is 1. The minimum atomic E-state index is -0.390. The Balaban J connectivity index is 1.52. The first-order chi connectivity index (χ1) is 15.5. The predicted molar refractivity (Wildman–Crippen MR) is 117 cm³/mol. The SMILES string of the molecule is CC1(C)CC(=O)C2=C(C1)Nc1nc(-c3cccnc3)nn1C2c1ccc2c(c1)OCCO2. The number of nitrogens with one attached hydrogen (secondary N) is 1. The van der Waals surface area contributed by atoms with Gasteiger partial charge < -0.3 is 14.8 Å². The Labute approximate surface area is 185 Å². The molecule has 1 atom stereocenters. The molecule has 0 spiro atoms. The molecule has 32 heavy (non-hydrogen) atoms. The van der Waals surface area contributed by atoms with Crippen LogP contribution in [0.25, 0.3) is 11.4 Å². The highest BCUT2D eigenvalue weighted by molar-refractivity contribution is 6.00. The first kappa shape index (κ1) is 19.0. The second-order valence-electron chi connectivity index (χ2n) is 9.21. The van der Waals surface area contributed by atoms with E-state index in [2.05, 4.69) is 24.1 Å². The molecule has 6 rings (SSSR count). The molecule has 3 aliphatic rings. The summed E-state index contributed by atoms with van der Waals surface area (Å²) in [6.45, 7) is 5.28. The molecule has 1 aliphatic carbocycles. The summed E-state index contributed by atoms with van der Waals surface area (Å²) in [4.78, 5) is 22.3. The lowest BCUT2D eigenvalue weighted by molar-refractivity contribution is -0.118. The number of rotatable bonds is 2. The van der Waals surface area contributed by atoms with Crippen molar-refractivity contribution in [2.75, 3.05) is 18.5 Å². The maximum Gasteiger partial charge on any atom is 0.226 e. The van der Waals surface area contributed by atoms with E-state index in [4.69, 9.17) is 19.6 Å². The van der Waals surface area contributed by atoms with Crippen molar-refractivity contribution in [3.05, 3.63) is 59.6 Å². The van der Waals surface area contributed by atoms with Crippen molar-refractivity contribution in [1.82, 2.24) is 19.7 Å². The Morgan fingerprint density at radius 1 is 1.12 bits per heavy atom. The van der Waals surface area contributed by atoms with Crippen molar-refractivity contribution in [3.63, 3.8) is 0 Å². The average molecular weight is 429 g/mol. The van der Waals surface area contributed by atoms with Crippen LogP contribution in [0.2, 0.25) is 0 Å². The summed E-state index contributed by atoms with van der Waals surface area (Å²) in [5.74, 6) is 2.72. The van der Waals surface area contributed by atoms with Gasteiger partial charge in [-0.05, 0) is 41.7 Å². The highest BCUT2D eigenvalue weighted by atomic mass is 16.6. The van der Waals surface area contributed by atoms with Crippen LogP contribution in [0.3, 0.4) is 0 Å². The van der Waals surface area contributed by atoms with Crippen LogP contribution in [0, 0.1) is 5.41 Å². The molecule has 1 aromatic carbocycles. The first-order valence-electron chi connectivity index (χ1n) is 10.8. The number of carbonyl (C=O) groups excluding carboxylic acids is 1. The first-order valence-corrected chi connectivity index (χ1v) is 10.8. The Hall–Kier alpha value is -3.68. The topological polar surface area (TPSA) is 91.2 Å². The van der Waals surface area contributed by atoms with Crippen molar-refractivity contribution >= 4 is 11.7 Å². The molecule has 0 amide bonds. The van der Waals surface area contributed by atoms with Crippen LogP contribution in [-0.4, -0.2) is 38.7 Å². The van der Waals surface area contributed by atoms with Crippen molar-refractivity contribution in [2.45, 2.75) is 32.7 Å². The number of allylic oxidation sites excluding steroid dienone is 2. The summed E-state index contributed by atoms with van der Waals surface area (Å²) in [6, 6.07) is 9.24. The fraction of sp³-hybridized carbons (Fsp3) is 0.333. The van der Waals surface area contributed by atoms with Gasteiger partial charge in [-0.3, -0.25) is 9.78 Å².